The Morgan fingerprint density at radius 1 is 1.03 bits per heavy atom. The number of aliphatic hydroxyl groups excluding tert-OH is 5. The first-order chi connectivity index (χ1) is 18.0. The number of hydrogen-bond donors (Lipinski definition) is 9. The Balaban J connectivity index is 1.71. The highest BCUT2D eigenvalue weighted by molar-refractivity contribution is 5.93. The molecule has 15 heteroatoms. The van der Waals surface area contributed by atoms with E-state index in [-0.39, 0.29) is 17.0 Å². The topological polar surface area (TPSA) is 255 Å². The van der Waals surface area contributed by atoms with Crippen LogP contribution >= 0.6 is 0 Å². The van der Waals surface area contributed by atoms with Gasteiger partial charge in [0.25, 0.3) is 0 Å². The fourth-order valence-corrected chi connectivity index (χ4v) is 4.41. The lowest BCUT2D eigenvalue weighted by Crippen LogP contribution is -2.96. The summed E-state index contributed by atoms with van der Waals surface area (Å²) in [5.41, 5.74) is 5.64. The quantitative estimate of drug-likeness (QED) is 0.0770. The molecule has 0 spiro atoms. The number of benzene rings is 1. The third-order valence-electron chi connectivity index (χ3n) is 6.57. The van der Waals surface area contributed by atoms with Gasteiger partial charge in [0.2, 0.25) is 6.29 Å². The predicted octanol–water partition coefficient (Wildman–Crippen LogP) is -3.92. The van der Waals surface area contributed by atoms with Crippen molar-refractivity contribution in [1.29, 1.82) is 0 Å². The number of quaternary nitrogens is 1. The molecule has 0 aliphatic carbocycles. The molecule has 0 radical (unpaired) electrons. The Morgan fingerprint density at radius 2 is 1.74 bits per heavy atom. The highest BCUT2D eigenvalue weighted by Crippen LogP contribution is 2.28. The van der Waals surface area contributed by atoms with Crippen LogP contribution in [0.1, 0.15) is 23.7 Å². The van der Waals surface area contributed by atoms with Gasteiger partial charge in [0.15, 0.2) is 12.4 Å². The summed E-state index contributed by atoms with van der Waals surface area (Å²) in [4.78, 5) is 23.8. The summed E-state index contributed by atoms with van der Waals surface area (Å²) in [6.07, 6.45) is -12.5. The number of rotatable bonds is 10. The van der Waals surface area contributed by atoms with E-state index in [0.717, 1.165) is 0 Å². The molecular formula is C23H35N2O13+. The van der Waals surface area contributed by atoms with Gasteiger partial charge in [-0.15, -0.1) is 0 Å². The van der Waals surface area contributed by atoms with Gasteiger partial charge in [0, 0.05) is 5.69 Å². The number of esters is 1. The van der Waals surface area contributed by atoms with Crippen LogP contribution in [0.2, 0.25) is 0 Å². The Labute approximate surface area is 217 Å². The van der Waals surface area contributed by atoms with Crippen LogP contribution in [0.5, 0.6) is 5.75 Å². The maximum atomic E-state index is 12.4. The van der Waals surface area contributed by atoms with E-state index in [4.69, 9.17) is 24.7 Å². The Kier molecular flexibility index (Phi) is 10.2. The summed E-state index contributed by atoms with van der Waals surface area (Å²) in [5.74, 6) is -3.80. The molecule has 2 aliphatic rings. The lowest BCUT2D eigenvalue weighted by molar-refractivity contribution is -0.717. The maximum absolute atomic E-state index is 12.4. The molecule has 2 saturated heterocycles. The number of anilines is 1. The normalized spacial score (nSPS) is 35.5. The van der Waals surface area contributed by atoms with Gasteiger partial charge in [-0.3, -0.25) is 0 Å². The summed E-state index contributed by atoms with van der Waals surface area (Å²) in [7, 11) is 0. The van der Waals surface area contributed by atoms with Crippen LogP contribution in [0.3, 0.4) is 0 Å². The number of carboxylic acids is 1. The zero-order chi connectivity index (χ0) is 28.1. The van der Waals surface area contributed by atoms with Gasteiger partial charge in [-0.1, -0.05) is 6.92 Å². The van der Waals surface area contributed by atoms with Crippen LogP contribution in [-0.4, -0.2) is 123 Å². The molecule has 0 aromatic heterocycles. The molecule has 214 valence electrons. The van der Waals surface area contributed by atoms with Gasteiger partial charge < -0.3 is 65.7 Å². The monoisotopic (exact) mass is 547 g/mol. The average molecular weight is 548 g/mol. The SMILES string of the molecule is CCC[NH2+]C1[C@H](O)OC(COC(=O)c2cc(N)ccc2O)[C@@H](O)[C@H]1CO[C@@H]1OC(C(=O)O)[C@@H](O)[C@@H](O)C1O. The first-order valence-electron chi connectivity index (χ1n) is 12.1. The second kappa shape index (κ2) is 13.0. The van der Waals surface area contributed by atoms with Gasteiger partial charge in [-0.2, -0.15) is 0 Å². The molecule has 10 atom stereocenters. The Morgan fingerprint density at radius 3 is 2.39 bits per heavy atom. The van der Waals surface area contributed by atoms with Crippen molar-refractivity contribution in [2.45, 2.75) is 68.6 Å². The van der Waals surface area contributed by atoms with E-state index in [9.17, 15) is 45.3 Å². The number of nitrogen functional groups attached to an aromatic ring is 1. The largest absolute Gasteiger partial charge is 0.507 e. The zero-order valence-corrected chi connectivity index (χ0v) is 20.6. The van der Waals surface area contributed by atoms with E-state index in [1.165, 1.54) is 18.2 Å². The first-order valence-corrected chi connectivity index (χ1v) is 12.1. The maximum Gasteiger partial charge on any atom is 0.342 e. The van der Waals surface area contributed by atoms with Crippen molar-refractivity contribution < 1.29 is 69.6 Å². The van der Waals surface area contributed by atoms with E-state index >= 15 is 0 Å². The molecule has 2 aliphatic heterocycles. The molecule has 38 heavy (non-hydrogen) atoms. The van der Waals surface area contributed by atoms with Gasteiger partial charge in [0.1, 0.15) is 48.4 Å². The number of aromatic hydroxyl groups is 1. The van der Waals surface area contributed by atoms with E-state index in [1.807, 2.05) is 6.92 Å². The lowest BCUT2D eigenvalue weighted by Gasteiger charge is -2.43. The summed E-state index contributed by atoms with van der Waals surface area (Å²) in [6.45, 7) is 1.52. The fourth-order valence-electron chi connectivity index (χ4n) is 4.41. The molecule has 1 aromatic carbocycles. The Hall–Kier alpha value is -2.60. The molecule has 3 rings (SSSR count). The standard InChI is InChI=1S/C23H34N2O13/c1-2-5-25-14-11(7-36-23-18(30)16(28)17(29)19(38-23)20(31)32)15(27)13(37-22(14)34)8-35-21(33)10-6-9(24)3-4-12(10)26/h3-4,6,11,13-19,22-23,25-30,34H,2,5,7-8,24H2,1H3,(H,31,32)/p+1/t11-,13?,14?,15-,16+,17-,18?,19?,22+,23+/m0/s1. The highest BCUT2D eigenvalue weighted by Gasteiger charge is 2.50. The summed E-state index contributed by atoms with van der Waals surface area (Å²) < 4.78 is 21.3. The van der Waals surface area contributed by atoms with Crippen LogP contribution in [0, 0.1) is 5.92 Å². The molecule has 2 fully saturated rings. The predicted molar refractivity (Wildman–Crippen MR) is 124 cm³/mol. The second-order valence-corrected chi connectivity index (χ2v) is 9.26. The number of hydrogen-bond acceptors (Lipinski definition) is 13. The third-order valence-corrected chi connectivity index (χ3v) is 6.57. The number of aliphatic carboxylic acids is 1. The van der Waals surface area contributed by atoms with Crippen LogP contribution in [0.25, 0.3) is 0 Å². The minimum atomic E-state index is -1.90. The summed E-state index contributed by atoms with van der Waals surface area (Å²) >= 11 is 0. The van der Waals surface area contributed by atoms with Crippen molar-refractivity contribution in [2.75, 3.05) is 25.5 Å². The van der Waals surface area contributed by atoms with Crippen molar-refractivity contribution in [3.05, 3.63) is 23.8 Å². The van der Waals surface area contributed by atoms with E-state index in [0.29, 0.717) is 13.0 Å². The zero-order valence-electron chi connectivity index (χ0n) is 20.6. The molecule has 1 aromatic rings. The average Bonchev–Trinajstić information content (AvgIpc) is 2.87. The lowest BCUT2D eigenvalue weighted by atomic mass is 9.87. The van der Waals surface area contributed by atoms with E-state index in [2.05, 4.69) is 0 Å². The number of nitrogens with two attached hydrogens (primary N) is 2. The molecule has 15 nitrogen and oxygen atoms in total. The van der Waals surface area contributed by atoms with E-state index in [1.54, 1.807) is 5.32 Å². The van der Waals surface area contributed by atoms with Gasteiger partial charge in [0.05, 0.1) is 25.2 Å². The van der Waals surface area contributed by atoms with Crippen molar-refractivity contribution in [3.63, 3.8) is 0 Å². The number of carbonyl (C=O) groups excluding carboxylic acids is 1. The van der Waals surface area contributed by atoms with Crippen LogP contribution < -0.4 is 11.1 Å². The smallest absolute Gasteiger partial charge is 0.342 e. The second-order valence-electron chi connectivity index (χ2n) is 9.26. The Bertz CT molecular complexity index is 965. The number of ether oxygens (including phenoxy) is 4. The highest BCUT2D eigenvalue weighted by atomic mass is 16.7. The van der Waals surface area contributed by atoms with Crippen LogP contribution in [0.15, 0.2) is 18.2 Å². The van der Waals surface area contributed by atoms with Crippen LogP contribution in [0.4, 0.5) is 5.69 Å². The van der Waals surface area contributed by atoms with E-state index < -0.39 is 86.3 Å². The van der Waals surface area contributed by atoms with Crippen LogP contribution in [-0.2, 0) is 23.7 Å². The minimum absolute atomic E-state index is 0.206. The number of carboxylic acid groups (broad SMARTS) is 1. The third kappa shape index (κ3) is 6.69. The number of phenolic OH excluding ortho intramolecular Hbond substituents is 1. The number of aliphatic hydroxyl groups is 5. The van der Waals surface area contributed by atoms with Crippen molar-refractivity contribution in [2.24, 2.45) is 5.92 Å². The molecule has 0 saturated carbocycles. The van der Waals surface area contributed by atoms with Gasteiger partial charge in [-0.25, -0.2) is 9.59 Å². The van der Waals surface area contributed by atoms with Crippen molar-refractivity contribution in [3.8, 4) is 5.75 Å². The summed E-state index contributed by atoms with van der Waals surface area (Å²) in [6, 6.07) is 3.04. The molecule has 2 heterocycles. The summed E-state index contributed by atoms with van der Waals surface area (Å²) in [5, 5.41) is 72.6. The molecular weight excluding hydrogens is 512 g/mol. The van der Waals surface area contributed by atoms with Crippen molar-refractivity contribution in [1.82, 2.24) is 0 Å². The molecule has 0 amide bonds. The number of phenols is 1. The first kappa shape index (κ1) is 29.9. The molecule has 11 N–H and O–H groups in total. The molecule has 0 bridgehead atoms. The fraction of sp³-hybridized carbons (Fsp3) is 0.652. The molecule has 4 unspecified atom stereocenters. The minimum Gasteiger partial charge on any atom is -0.507 e. The van der Waals surface area contributed by atoms with Gasteiger partial charge >= 0.3 is 11.9 Å². The number of carbonyl (C=O) groups is 2. The van der Waals surface area contributed by atoms with Gasteiger partial charge in [-0.05, 0) is 24.6 Å². The van der Waals surface area contributed by atoms with Crippen molar-refractivity contribution >= 4 is 17.6 Å².